The fourth-order valence-electron chi connectivity index (χ4n) is 1.34. The molecule has 1 aromatic rings. The molecular formula is C12H20N2O2. The van der Waals surface area contributed by atoms with Gasteiger partial charge in [-0.05, 0) is 12.1 Å². The second-order valence-corrected chi connectivity index (χ2v) is 4.04. The van der Waals surface area contributed by atoms with Crippen molar-refractivity contribution in [3.05, 3.63) is 24.2 Å². The molecular weight excluding hydrogens is 204 g/mol. The Labute approximate surface area is 96.4 Å². The van der Waals surface area contributed by atoms with E-state index in [-0.39, 0.29) is 5.91 Å². The van der Waals surface area contributed by atoms with Gasteiger partial charge in [0.2, 0.25) is 5.91 Å². The van der Waals surface area contributed by atoms with E-state index in [9.17, 15) is 4.79 Å². The Morgan fingerprint density at radius 3 is 2.88 bits per heavy atom. The molecule has 0 atom stereocenters. The second kappa shape index (κ2) is 7.06. The summed E-state index contributed by atoms with van der Waals surface area (Å²) in [7, 11) is 0. The zero-order valence-electron chi connectivity index (χ0n) is 9.95. The van der Waals surface area contributed by atoms with Gasteiger partial charge in [-0.25, -0.2) is 0 Å². The van der Waals surface area contributed by atoms with E-state index in [1.165, 1.54) is 0 Å². The molecule has 1 rings (SSSR count). The van der Waals surface area contributed by atoms with Crippen LogP contribution in [0.4, 0.5) is 0 Å². The minimum absolute atomic E-state index is 0.0713. The van der Waals surface area contributed by atoms with Gasteiger partial charge in [0.25, 0.3) is 0 Å². The number of furan rings is 1. The Kier molecular flexibility index (Phi) is 5.64. The molecule has 0 radical (unpaired) electrons. The highest BCUT2D eigenvalue weighted by atomic mass is 16.3. The van der Waals surface area contributed by atoms with Crippen LogP contribution in [0.1, 0.15) is 26.0 Å². The standard InChI is InChI=1S/C12H20N2O2/c1-10(2)13-7-8-14-12(15)6-5-11-4-3-9-16-11/h3-4,9-10,13H,5-8H2,1-2H3,(H,14,15). The van der Waals surface area contributed by atoms with E-state index in [1.807, 2.05) is 12.1 Å². The van der Waals surface area contributed by atoms with Crippen LogP contribution in [0.15, 0.2) is 22.8 Å². The number of carbonyl (C=O) groups excluding carboxylic acids is 1. The van der Waals surface area contributed by atoms with Crippen LogP contribution in [-0.4, -0.2) is 25.0 Å². The molecule has 0 saturated heterocycles. The van der Waals surface area contributed by atoms with Crippen molar-refractivity contribution < 1.29 is 9.21 Å². The average Bonchev–Trinajstić information content (AvgIpc) is 2.74. The molecule has 0 aliphatic carbocycles. The minimum Gasteiger partial charge on any atom is -0.469 e. The molecule has 1 amide bonds. The first kappa shape index (κ1) is 12.8. The zero-order valence-corrected chi connectivity index (χ0v) is 9.95. The fraction of sp³-hybridized carbons (Fsp3) is 0.583. The lowest BCUT2D eigenvalue weighted by atomic mass is 10.2. The van der Waals surface area contributed by atoms with Crippen LogP contribution in [0.2, 0.25) is 0 Å². The van der Waals surface area contributed by atoms with Crippen LogP contribution in [0.5, 0.6) is 0 Å². The lowest BCUT2D eigenvalue weighted by Crippen LogP contribution is -2.34. The molecule has 0 aliphatic heterocycles. The number of amides is 1. The van der Waals surface area contributed by atoms with Gasteiger partial charge in [0.05, 0.1) is 6.26 Å². The summed E-state index contributed by atoms with van der Waals surface area (Å²) in [4.78, 5) is 11.4. The highest BCUT2D eigenvalue weighted by Gasteiger charge is 2.03. The third-order valence-electron chi connectivity index (χ3n) is 2.18. The number of aryl methyl sites for hydroxylation is 1. The summed E-state index contributed by atoms with van der Waals surface area (Å²) in [5.74, 6) is 0.928. The smallest absolute Gasteiger partial charge is 0.220 e. The predicted molar refractivity (Wildman–Crippen MR) is 63.2 cm³/mol. The fourth-order valence-corrected chi connectivity index (χ4v) is 1.34. The van der Waals surface area contributed by atoms with E-state index in [4.69, 9.17) is 4.42 Å². The number of hydrogen-bond donors (Lipinski definition) is 2. The topological polar surface area (TPSA) is 54.3 Å². The van der Waals surface area contributed by atoms with Gasteiger partial charge < -0.3 is 15.1 Å². The molecule has 16 heavy (non-hydrogen) atoms. The van der Waals surface area contributed by atoms with Crippen LogP contribution in [0.3, 0.4) is 0 Å². The first-order chi connectivity index (χ1) is 7.68. The first-order valence-corrected chi connectivity index (χ1v) is 5.71. The largest absolute Gasteiger partial charge is 0.469 e. The van der Waals surface area contributed by atoms with Crippen molar-refractivity contribution in [3.63, 3.8) is 0 Å². The molecule has 4 nitrogen and oxygen atoms in total. The molecule has 0 aliphatic rings. The van der Waals surface area contributed by atoms with Gasteiger partial charge in [0.1, 0.15) is 5.76 Å². The first-order valence-electron chi connectivity index (χ1n) is 5.71. The molecule has 0 aromatic carbocycles. The van der Waals surface area contributed by atoms with Crippen molar-refractivity contribution in [3.8, 4) is 0 Å². The van der Waals surface area contributed by atoms with E-state index in [1.54, 1.807) is 6.26 Å². The van der Waals surface area contributed by atoms with Crippen molar-refractivity contribution in [2.75, 3.05) is 13.1 Å². The highest BCUT2D eigenvalue weighted by Crippen LogP contribution is 2.02. The Morgan fingerprint density at radius 1 is 1.44 bits per heavy atom. The van der Waals surface area contributed by atoms with Crippen LogP contribution in [0, 0.1) is 0 Å². The summed E-state index contributed by atoms with van der Waals surface area (Å²) in [5.41, 5.74) is 0. The SMILES string of the molecule is CC(C)NCCNC(=O)CCc1ccco1. The molecule has 1 heterocycles. The van der Waals surface area contributed by atoms with Gasteiger partial charge in [0.15, 0.2) is 0 Å². The molecule has 90 valence electrons. The van der Waals surface area contributed by atoms with Gasteiger partial charge >= 0.3 is 0 Å². The predicted octanol–water partition coefficient (Wildman–Crippen LogP) is 1.33. The van der Waals surface area contributed by atoms with Gasteiger partial charge in [-0.1, -0.05) is 13.8 Å². The van der Waals surface area contributed by atoms with Gasteiger partial charge in [-0.2, -0.15) is 0 Å². The van der Waals surface area contributed by atoms with E-state index in [0.29, 0.717) is 25.4 Å². The van der Waals surface area contributed by atoms with Crippen molar-refractivity contribution in [1.29, 1.82) is 0 Å². The Hall–Kier alpha value is -1.29. The molecule has 0 bridgehead atoms. The highest BCUT2D eigenvalue weighted by molar-refractivity contribution is 5.76. The molecule has 0 fully saturated rings. The van der Waals surface area contributed by atoms with E-state index in [2.05, 4.69) is 24.5 Å². The maximum atomic E-state index is 11.4. The maximum Gasteiger partial charge on any atom is 0.220 e. The minimum atomic E-state index is 0.0713. The molecule has 0 saturated carbocycles. The number of carbonyl (C=O) groups is 1. The molecule has 2 N–H and O–H groups in total. The average molecular weight is 224 g/mol. The van der Waals surface area contributed by atoms with Gasteiger partial charge in [-0.15, -0.1) is 0 Å². The lowest BCUT2D eigenvalue weighted by Gasteiger charge is -2.08. The van der Waals surface area contributed by atoms with Crippen LogP contribution < -0.4 is 10.6 Å². The van der Waals surface area contributed by atoms with Crippen molar-refractivity contribution >= 4 is 5.91 Å². The number of nitrogens with one attached hydrogen (secondary N) is 2. The summed E-state index contributed by atoms with van der Waals surface area (Å²) in [6, 6.07) is 4.17. The van der Waals surface area contributed by atoms with E-state index in [0.717, 1.165) is 12.3 Å². The Bertz CT molecular complexity index is 294. The van der Waals surface area contributed by atoms with E-state index < -0.39 is 0 Å². The van der Waals surface area contributed by atoms with Gasteiger partial charge in [-0.3, -0.25) is 4.79 Å². The number of hydrogen-bond acceptors (Lipinski definition) is 3. The van der Waals surface area contributed by atoms with Crippen LogP contribution in [-0.2, 0) is 11.2 Å². The molecule has 0 spiro atoms. The number of rotatable bonds is 7. The normalized spacial score (nSPS) is 10.7. The monoisotopic (exact) mass is 224 g/mol. The van der Waals surface area contributed by atoms with Crippen molar-refractivity contribution in [2.45, 2.75) is 32.7 Å². The Balaban J connectivity index is 2.03. The van der Waals surface area contributed by atoms with Gasteiger partial charge in [0, 0.05) is 32.0 Å². The lowest BCUT2D eigenvalue weighted by molar-refractivity contribution is -0.121. The summed E-state index contributed by atoms with van der Waals surface area (Å²) < 4.78 is 5.15. The zero-order chi connectivity index (χ0) is 11.8. The summed E-state index contributed by atoms with van der Waals surface area (Å²) in [6.45, 7) is 5.65. The molecule has 4 heteroatoms. The van der Waals surface area contributed by atoms with Crippen LogP contribution in [0.25, 0.3) is 0 Å². The molecule has 0 unspecified atom stereocenters. The quantitative estimate of drug-likeness (QED) is 0.687. The van der Waals surface area contributed by atoms with Crippen molar-refractivity contribution in [1.82, 2.24) is 10.6 Å². The third kappa shape index (κ3) is 5.56. The van der Waals surface area contributed by atoms with Crippen LogP contribution >= 0.6 is 0 Å². The summed E-state index contributed by atoms with van der Waals surface area (Å²) in [6.07, 6.45) is 2.77. The Morgan fingerprint density at radius 2 is 2.25 bits per heavy atom. The maximum absolute atomic E-state index is 11.4. The molecule has 1 aromatic heterocycles. The van der Waals surface area contributed by atoms with Crippen molar-refractivity contribution in [2.24, 2.45) is 0 Å². The summed E-state index contributed by atoms with van der Waals surface area (Å²) in [5, 5.41) is 6.09. The summed E-state index contributed by atoms with van der Waals surface area (Å²) >= 11 is 0. The second-order valence-electron chi connectivity index (χ2n) is 4.04. The van der Waals surface area contributed by atoms with E-state index >= 15 is 0 Å². The third-order valence-corrected chi connectivity index (χ3v) is 2.18.